The Balaban J connectivity index is 1.95. The van der Waals surface area contributed by atoms with E-state index in [-0.39, 0.29) is 33.8 Å². The first-order chi connectivity index (χ1) is 11.0. The highest BCUT2D eigenvalue weighted by Crippen LogP contribution is 2.34. The van der Waals surface area contributed by atoms with Gasteiger partial charge in [0.2, 0.25) is 5.91 Å². The van der Waals surface area contributed by atoms with Crippen LogP contribution in [0, 0.1) is 11.8 Å². The lowest BCUT2D eigenvalue weighted by atomic mass is 9.89. The summed E-state index contributed by atoms with van der Waals surface area (Å²) >= 11 is 11.6. The summed E-state index contributed by atoms with van der Waals surface area (Å²) in [6, 6.07) is 3.10. The number of halogens is 2. The lowest BCUT2D eigenvalue weighted by Gasteiger charge is -2.16. The van der Waals surface area contributed by atoms with Crippen molar-refractivity contribution in [2.75, 3.05) is 5.32 Å². The van der Waals surface area contributed by atoms with Crippen LogP contribution >= 0.6 is 23.2 Å². The number of nitrogens with zero attached hydrogens (tertiary/aromatic N) is 1. The van der Waals surface area contributed by atoms with Crippen LogP contribution in [-0.2, 0) is 9.59 Å². The van der Waals surface area contributed by atoms with Crippen molar-refractivity contribution >= 4 is 40.6 Å². The molecule has 1 N–H and O–H groups in total. The molecule has 0 unspecified atom stereocenters. The van der Waals surface area contributed by atoms with Crippen molar-refractivity contribution in [2.45, 2.75) is 39.0 Å². The second kappa shape index (κ2) is 8.46. The zero-order chi connectivity index (χ0) is 16.8. The molecule has 4 nitrogen and oxygen atoms in total. The predicted molar refractivity (Wildman–Crippen MR) is 92.8 cm³/mol. The van der Waals surface area contributed by atoms with Crippen molar-refractivity contribution in [3.05, 3.63) is 34.6 Å². The van der Waals surface area contributed by atoms with E-state index in [1.165, 1.54) is 0 Å². The molecule has 2 atom stereocenters. The number of ketones is 1. The lowest BCUT2D eigenvalue weighted by molar-refractivity contribution is -0.121. The standard InChI is InChI=1S/C17H20Cl2N2O2/c1-2-3-4-5-13-11(6-7-14(13)22)8-17(23)20-12-9-15(18)21-16(19)10-12/h3-4,9-11,13H,2,5-8H2,1H3,(H,20,21,23)/b4-3-/t11-,13-/m0/s1. The van der Waals surface area contributed by atoms with Crippen LogP contribution in [0.5, 0.6) is 0 Å². The molecule has 1 heterocycles. The topological polar surface area (TPSA) is 59.1 Å². The first-order valence-corrected chi connectivity index (χ1v) is 8.55. The maximum atomic E-state index is 12.2. The number of pyridine rings is 1. The van der Waals surface area contributed by atoms with Gasteiger partial charge in [-0.3, -0.25) is 9.59 Å². The maximum Gasteiger partial charge on any atom is 0.224 e. The van der Waals surface area contributed by atoms with E-state index < -0.39 is 0 Å². The highest BCUT2D eigenvalue weighted by atomic mass is 35.5. The van der Waals surface area contributed by atoms with Gasteiger partial charge in [-0.25, -0.2) is 4.98 Å². The molecule has 1 aliphatic carbocycles. The van der Waals surface area contributed by atoms with Gasteiger partial charge in [-0.05, 0) is 37.3 Å². The summed E-state index contributed by atoms with van der Waals surface area (Å²) in [6.07, 6.45) is 7.44. The van der Waals surface area contributed by atoms with Gasteiger partial charge in [-0.2, -0.15) is 0 Å². The first-order valence-electron chi connectivity index (χ1n) is 7.80. The highest BCUT2D eigenvalue weighted by Gasteiger charge is 2.34. The Morgan fingerprint density at radius 1 is 1.35 bits per heavy atom. The van der Waals surface area contributed by atoms with Gasteiger partial charge in [0.1, 0.15) is 16.1 Å². The molecule has 1 fully saturated rings. The number of nitrogens with one attached hydrogen (secondary N) is 1. The van der Waals surface area contributed by atoms with Crippen LogP contribution in [0.1, 0.15) is 39.0 Å². The fourth-order valence-corrected chi connectivity index (χ4v) is 3.40. The molecule has 23 heavy (non-hydrogen) atoms. The Morgan fingerprint density at radius 3 is 2.70 bits per heavy atom. The largest absolute Gasteiger partial charge is 0.326 e. The molecule has 0 bridgehead atoms. The summed E-state index contributed by atoms with van der Waals surface area (Å²) in [5.74, 6) is 0.177. The molecule has 1 aliphatic rings. The molecule has 0 saturated heterocycles. The molecule has 1 amide bonds. The Bertz CT molecular complexity index is 596. The van der Waals surface area contributed by atoms with Gasteiger partial charge < -0.3 is 5.32 Å². The van der Waals surface area contributed by atoms with E-state index >= 15 is 0 Å². The Hall–Kier alpha value is -1.39. The Morgan fingerprint density at radius 2 is 2.04 bits per heavy atom. The normalized spacial score (nSPS) is 21.1. The zero-order valence-corrected chi connectivity index (χ0v) is 14.5. The van der Waals surface area contributed by atoms with E-state index in [4.69, 9.17) is 23.2 Å². The molecular weight excluding hydrogens is 335 g/mol. The minimum atomic E-state index is -0.132. The summed E-state index contributed by atoms with van der Waals surface area (Å²) < 4.78 is 0. The van der Waals surface area contributed by atoms with Crippen LogP contribution in [0.4, 0.5) is 5.69 Å². The number of rotatable bonds is 6. The molecule has 1 aromatic heterocycles. The number of carbonyl (C=O) groups excluding carboxylic acids is 2. The Labute approximate surface area is 146 Å². The minimum Gasteiger partial charge on any atom is -0.326 e. The molecule has 1 saturated carbocycles. The molecule has 0 aromatic carbocycles. The van der Waals surface area contributed by atoms with E-state index in [1.807, 2.05) is 6.08 Å². The average molecular weight is 355 g/mol. The molecule has 124 valence electrons. The van der Waals surface area contributed by atoms with Gasteiger partial charge in [0.25, 0.3) is 0 Å². The summed E-state index contributed by atoms with van der Waals surface area (Å²) in [7, 11) is 0. The third-order valence-electron chi connectivity index (χ3n) is 4.03. The second-order valence-electron chi connectivity index (χ2n) is 5.74. The predicted octanol–water partition coefficient (Wildman–Crippen LogP) is 4.67. The van der Waals surface area contributed by atoms with E-state index in [2.05, 4.69) is 23.3 Å². The van der Waals surface area contributed by atoms with Gasteiger partial charge in [-0.1, -0.05) is 42.3 Å². The third kappa shape index (κ3) is 5.33. The van der Waals surface area contributed by atoms with Gasteiger partial charge in [-0.15, -0.1) is 0 Å². The van der Waals surface area contributed by atoms with Crippen LogP contribution in [0.15, 0.2) is 24.3 Å². The molecule has 0 radical (unpaired) electrons. The first kappa shape index (κ1) is 18.0. The number of aromatic nitrogens is 1. The summed E-state index contributed by atoms with van der Waals surface area (Å²) in [5.41, 5.74) is 0.520. The van der Waals surface area contributed by atoms with E-state index in [1.54, 1.807) is 12.1 Å². The minimum absolute atomic E-state index is 0.0480. The fraction of sp³-hybridized carbons (Fsp3) is 0.471. The monoisotopic (exact) mass is 354 g/mol. The number of amides is 1. The van der Waals surface area contributed by atoms with Crippen LogP contribution in [0.3, 0.4) is 0 Å². The summed E-state index contributed by atoms with van der Waals surface area (Å²) in [4.78, 5) is 28.1. The average Bonchev–Trinajstić information content (AvgIpc) is 2.79. The molecule has 0 spiro atoms. The van der Waals surface area contributed by atoms with Gasteiger partial charge in [0.05, 0.1) is 0 Å². The number of Topliss-reactive ketones (excluding diaryl/α,β-unsaturated/α-hetero) is 1. The smallest absolute Gasteiger partial charge is 0.224 e. The van der Waals surface area contributed by atoms with E-state index in [9.17, 15) is 9.59 Å². The number of hydrogen-bond donors (Lipinski definition) is 1. The van der Waals surface area contributed by atoms with Gasteiger partial charge in [0, 0.05) is 24.4 Å². The SMILES string of the molecule is CC/C=C\C[C@@H]1C(=O)CC[C@H]1CC(=O)Nc1cc(Cl)nc(Cl)c1. The van der Waals surface area contributed by atoms with Gasteiger partial charge in [0.15, 0.2) is 0 Å². The molecule has 0 aliphatic heterocycles. The summed E-state index contributed by atoms with van der Waals surface area (Å²) in [5, 5.41) is 3.23. The van der Waals surface area contributed by atoms with Crippen molar-refractivity contribution in [2.24, 2.45) is 11.8 Å². The number of anilines is 1. The number of carbonyl (C=O) groups is 2. The zero-order valence-electron chi connectivity index (χ0n) is 13.0. The highest BCUT2D eigenvalue weighted by molar-refractivity contribution is 6.33. The van der Waals surface area contributed by atoms with Crippen LogP contribution in [0.2, 0.25) is 10.3 Å². The van der Waals surface area contributed by atoms with E-state index in [0.717, 1.165) is 19.3 Å². The lowest BCUT2D eigenvalue weighted by Crippen LogP contribution is -2.21. The molecular formula is C17H20Cl2N2O2. The van der Waals surface area contributed by atoms with Crippen molar-refractivity contribution in [3.63, 3.8) is 0 Å². The van der Waals surface area contributed by atoms with Crippen LogP contribution in [0.25, 0.3) is 0 Å². The number of hydrogen-bond acceptors (Lipinski definition) is 3. The second-order valence-corrected chi connectivity index (χ2v) is 6.51. The van der Waals surface area contributed by atoms with Crippen LogP contribution < -0.4 is 5.32 Å². The van der Waals surface area contributed by atoms with Crippen LogP contribution in [-0.4, -0.2) is 16.7 Å². The third-order valence-corrected chi connectivity index (χ3v) is 4.42. The van der Waals surface area contributed by atoms with Crippen molar-refractivity contribution in [3.8, 4) is 0 Å². The Kier molecular flexibility index (Phi) is 6.60. The summed E-state index contributed by atoms with van der Waals surface area (Å²) in [6.45, 7) is 2.06. The van der Waals surface area contributed by atoms with E-state index in [0.29, 0.717) is 18.5 Å². The van der Waals surface area contributed by atoms with Crippen molar-refractivity contribution in [1.29, 1.82) is 0 Å². The molecule has 6 heteroatoms. The number of allylic oxidation sites excluding steroid dienone is 2. The fourth-order valence-electron chi connectivity index (χ4n) is 2.94. The maximum absolute atomic E-state index is 12.2. The molecule has 2 rings (SSSR count). The van der Waals surface area contributed by atoms with Crippen molar-refractivity contribution < 1.29 is 9.59 Å². The van der Waals surface area contributed by atoms with Gasteiger partial charge >= 0.3 is 0 Å². The van der Waals surface area contributed by atoms with Crippen molar-refractivity contribution in [1.82, 2.24) is 4.98 Å². The quantitative estimate of drug-likeness (QED) is 0.596. The molecule has 1 aromatic rings.